The second kappa shape index (κ2) is 9.09. The first-order chi connectivity index (χ1) is 12.1. The molecule has 1 aromatic carbocycles. The summed E-state index contributed by atoms with van der Waals surface area (Å²) in [6, 6.07) is 5.99. The summed E-state index contributed by atoms with van der Waals surface area (Å²) < 4.78 is 5.93. The number of nitrogens with one attached hydrogen (secondary N) is 1. The van der Waals surface area contributed by atoms with Crippen LogP contribution in [0, 0.1) is 19.8 Å². The zero-order chi connectivity index (χ0) is 18.4. The molecule has 1 fully saturated rings. The van der Waals surface area contributed by atoms with Gasteiger partial charge >= 0.3 is 0 Å². The van der Waals surface area contributed by atoms with Gasteiger partial charge in [0.2, 0.25) is 5.44 Å². The molecule has 0 aliphatic heterocycles. The van der Waals surface area contributed by atoms with Crippen molar-refractivity contribution in [2.45, 2.75) is 46.0 Å². The number of thioether (sulfide) groups is 1. The van der Waals surface area contributed by atoms with Crippen LogP contribution in [0.4, 0.5) is 0 Å². The lowest BCUT2D eigenvalue weighted by molar-refractivity contribution is -0.124. The molecule has 5 heteroatoms. The van der Waals surface area contributed by atoms with Crippen molar-refractivity contribution >= 4 is 28.6 Å². The number of carbonyl (C=O) groups is 1. The number of aryl methyl sites for hydroxylation is 2. The number of hydrogen-bond donors (Lipinski definition) is 1. The molecule has 4 nitrogen and oxygen atoms in total. The zero-order valence-corrected chi connectivity index (χ0v) is 16.6. The summed E-state index contributed by atoms with van der Waals surface area (Å²) in [5, 5.41) is 4.02. The Morgan fingerprint density at radius 2 is 2.04 bits per heavy atom. The molecule has 2 aromatic rings. The van der Waals surface area contributed by atoms with Crippen LogP contribution < -0.4 is 10.1 Å². The highest BCUT2D eigenvalue weighted by Crippen LogP contribution is 2.28. The van der Waals surface area contributed by atoms with Gasteiger partial charge in [0.1, 0.15) is 5.75 Å². The molecule has 1 aromatic heterocycles. The van der Waals surface area contributed by atoms with Crippen molar-refractivity contribution in [2.24, 2.45) is 5.92 Å². The van der Waals surface area contributed by atoms with Gasteiger partial charge in [-0.15, -0.1) is 11.8 Å². The number of amides is 1. The number of rotatable bonds is 6. The average molecular weight is 361 g/mol. The summed E-state index contributed by atoms with van der Waals surface area (Å²) in [6.07, 6.45) is 6.20. The molecule has 1 atom stereocenters. The van der Waals surface area contributed by atoms with Crippen molar-refractivity contribution in [3.63, 3.8) is 0 Å². The number of ether oxygens (including phenoxy) is 1. The highest BCUT2D eigenvalue weighted by molar-refractivity contribution is 7.99. The Morgan fingerprint density at radius 1 is 1.32 bits per heavy atom. The summed E-state index contributed by atoms with van der Waals surface area (Å²) in [5.74, 6) is 1.33. The van der Waals surface area contributed by atoms with E-state index in [1.807, 2.05) is 52.3 Å². The molecular weight excluding hydrogens is 332 g/mol. The molecule has 0 spiro atoms. The molecule has 136 valence electrons. The van der Waals surface area contributed by atoms with Gasteiger partial charge < -0.3 is 10.1 Å². The van der Waals surface area contributed by atoms with Crippen molar-refractivity contribution in [3.05, 3.63) is 35.5 Å². The highest BCUT2D eigenvalue weighted by atomic mass is 32.2. The van der Waals surface area contributed by atoms with Gasteiger partial charge in [-0.05, 0) is 68.2 Å². The number of fused-ring (bicyclic) bond motifs is 1. The van der Waals surface area contributed by atoms with Crippen LogP contribution in [0.15, 0.2) is 24.4 Å². The standard InChI is InChI=1S/C18H22N2O2S.C2H6/c1-11-6-14-8-15(7-12(2)16(14)19-9-11)22-18(23-3)17(21)20-10-13-4-5-13;1-2/h6-9,13,18H,4-5,10H2,1-3H3,(H,20,21);1-2H3. The van der Waals surface area contributed by atoms with E-state index in [9.17, 15) is 4.79 Å². The quantitative estimate of drug-likeness (QED) is 0.772. The molecule has 0 saturated heterocycles. The van der Waals surface area contributed by atoms with E-state index < -0.39 is 5.44 Å². The lowest BCUT2D eigenvalue weighted by Gasteiger charge is -2.17. The number of carbonyl (C=O) groups excluding carboxylic acids is 1. The smallest absolute Gasteiger partial charge is 0.271 e. The molecule has 1 saturated carbocycles. The third-order valence-electron chi connectivity index (χ3n) is 4.02. The summed E-state index contributed by atoms with van der Waals surface area (Å²) in [5.41, 5.74) is 2.61. The predicted octanol–water partition coefficient (Wildman–Crippen LogP) is 4.47. The van der Waals surface area contributed by atoms with E-state index >= 15 is 0 Å². The molecule has 1 aliphatic rings. The van der Waals surface area contributed by atoms with Gasteiger partial charge in [-0.1, -0.05) is 13.8 Å². The zero-order valence-electron chi connectivity index (χ0n) is 15.8. The lowest BCUT2D eigenvalue weighted by Crippen LogP contribution is -2.37. The Labute approximate surface area is 154 Å². The molecule has 0 bridgehead atoms. The van der Waals surface area contributed by atoms with Crippen LogP contribution in [0.25, 0.3) is 10.9 Å². The Hall–Kier alpha value is -1.75. The van der Waals surface area contributed by atoms with E-state index in [1.165, 1.54) is 24.6 Å². The Kier molecular flexibility index (Phi) is 7.12. The minimum Gasteiger partial charge on any atom is -0.470 e. The van der Waals surface area contributed by atoms with E-state index in [0.29, 0.717) is 11.7 Å². The van der Waals surface area contributed by atoms with Crippen molar-refractivity contribution in [1.29, 1.82) is 0 Å². The van der Waals surface area contributed by atoms with Gasteiger partial charge in [-0.3, -0.25) is 9.78 Å². The van der Waals surface area contributed by atoms with E-state index in [2.05, 4.69) is 16.4 Å². The van der Waals surface area contributed by atoms with E-state index in [0.717, 1.165) is 28.6 Å². The Balaban J connectivity index is 0.00000109. The van der Waals surface area contributed by atoms with Gasteiger partial charge in [0.25, 0.3) is 5.91 Å². The van der Waals surface area contributed by atoms with E-state index in [4.69, 9.17) is 4.74 Å². The second-order valence-corrected chi connectivity index (χ2v) is 7.10. The number of hydrogen-bond acceptors (Lipinski definition) is 4. The average Bonchev–Trinajstić information content (AvgIpc) is 3.43. The molecule has 25 heavy (non-hydrogen) atoms. The Bertz CT molecular complexity index is 729. The molecule has 0 radical (unpaired) electrons. The predicted molar refractivity (Wildman–Crippen MR) is 106 cm³/mol. The van der Waals surface area contributed by atoms with Crippen LogP contribution in [-0.2, 0) is 4.79 Å². The third kappa shape index (κ3) is 5.36. The van der Waals surface area contributed by atoms with Crippen molar-refractivity contribution in [2.75, 3.05) is 12.8 Å². The van der Waals surface area contributed by atoms with Crippen molar-refractivity contribution < 1.29 is 9.53 Å². The number of aromatic nitrogens is 1. The molecule has 1 heterocycles. The fraction of sp³-hybridized carbons (Fsp3) is 0.500. The van der Waals surface area contributed by atoms with Gasteiger partial charge in [0.05, 0.1) is 5.52 Å². The maximum absolute atomic E-state index is 12.2. The van der Waals surface area contributed by atoms with E-state index in [1.54, 1.807) is 0 Å². The van der Waals surface area contributed by atoms with Crippen molar-refractivity contribution in [1.82, 2.24) is 10.3 Å². The van der Waals surface area contributed by atoms with Crippen LogP contribution >= 0.6 is 11.8 Å². The molecule has 1 aliphatic carbocycles. The molecular formula is C20H28N2O2S. The first-order valence-corrected chi connectivity index (χ1v) is 10.2. The second-order valence-electron chi connectivity index (χ2n) is 6.20. The van der Waals surface area contributed by atoms with Crippen LogP contribution in [-0.4, -0.2) is 29.1 Å². The molecule has 3 rings (SSSR count). The Morgan fingerprint density at radius 3 is 2.68 bits per heavy atom. The topological polar surface area (TPSA) is 51.2 Å². The van der Waals surface area contributed by atoms with Crippen LogP contribution in [0.5, 0.6) is 5.75 Å². The largest absolute Gasteiger partial charge is 0.470 e. The van der Waals surface area contributed by atoms with Crippen LogP contribution in [0.1, 0.15) is 37.8 Å². The summed E-state index contributed by atoms with van der Waals surface area (Å²) in [7, 11) is 0. The summed E-state index contributed by atoms with van der Waals surface area (Å²) in [6.45, 7) is 8.79. The van der Waals surface area contributed by atoms with Gasteiger partial charge in [0.15, 0.2) is 0 Å². The number of benzene rings is 1. The van der Waals surface area contributed by atoms with Gasteiger partial charge in [-0.25, -0.2) is 0 Å². The van der Waals surface area contributed by atoms with Gasteiger partial charge in [-0.2, -0.15) is 0 Å². The summed E-state index contributed by atoms with van der Waals surface area (Å²) >= 11 is 1.41. The fourth-order valence-corrected chi connectivity index (χ4v) is 3.06. The minimum atomic E-state index is -0.525. The van der Waals surface area contributed by atoms with Crippen LogP contribution in [0.3, 0.4) is 0 Å². The molecule has 1 amide bonds. The fourth-order valence-electron chi connectivity index (χ4n) is 2.56. The molecule has 1 N–H and O–H groups in total. The van der Waals surface area contributed by atoms with E-state index in [-0.39, 0.29) is 5.91 Å². The monoisotopic (exact) mass is 360 g/mol. The van der Waals surface area contributed by atoms with Crippen molar-refractivity contribution in [3.8, 4) is 5.75 Å². The lowest BCUT2D eigenvalue weighted by atomic mass is 10.1. The highest BCUT2D eigenvalue weighted by Gasteiger charge is 2.25. The first kappa shape index (κ1) is 19.6. The SMILES string of the molecule is CC.CSC(Oc1cc(C)c2ncc(C)cc2c1)C(=O)NCC1CC1. The number of pyridine rings is 1. The maximum atomic E-state index is 12.2. The normalized spacial score (nSPS) is 14.4. The molecule has 1 unspecified atom stereocenters. The number of nitrogens with zero attached hydrogens (tertiary/aromatic N) is 1. The van der Waals surface area contributed by atoms with Crippen LogP contribution in [0.2, 0.25) is 0 Å². The maximum Gasteiger partial charge on any atom is 0.271 e. The first-order valence-electron chi connectivity index (χ1n) is 8.91. The minimum absolute atomic E-state index is 0.0514. The third-order valence-corrected chi connectivity index (χ3v) is 4.76. The summed E-state index contributed by atoms with van der Waals surface area (Å²) in [4.78, 5) is 16.7. The van der Waals surface area contributed by atoms with Gasteiger partial charge in [0, 0.05) is 18.1 Å².